The Hall–Kier alpha value is -5.12. The lowest BCUT2D eigenvalue weighted by molar-refractivity contribution is 0.0412. The molecule has 0 bridgehead atoms. The molecule has 1 unspecified atom stereocenters. The minimum atomic E-state index is -0.881. The van der Waals surface area contributed by atoms with E-state index in [2.05, 4.69) is 75.9 Å². The Bertz CT molecular complexity index is 2100. The summed E-state index contributed by atoms with van der Waals surface area (Å²) in [7, 11) is 0. The molecule has 1 saturated heterocycles. The molecule has 5 aromatic rings. The van der Waals surface area contributed by atoms with Crippen LogP contribution >= 0.6 is 0 Å². The number of carboxylic acid groups (broad SMARTS) is 1. The highest BCUT2D eigenvalue weighted by molar-refractivity contribution is 5.83. The van der Waals surface area contributed by atoms with Gasteiger partial charge in [0.25, 0.3) is 0 Å². The van der Waals surface area contributed by atoms with E-state index in [1.54, 1.807) is 0 Å². The predicted octanol–water partition coefficient (Wildman–Crippen LogP) is 9.27. The molecule has 2 aliphatic carbocycles. The molecule has 1 saturated carbocycles. The summed E-state index contributed by atoms with van der Waals surface area (Å²) in [5.74, 6) is 1.56. The Labute approximate surface area is 298 Å². The first kappa shape index (κ1) is 33.0. The van der Waals surface area contributed by atoms with Gasteiger partial charge in [-0.15, -0.1) is 0 Å². The summed E-state index contributed by atoms with van der Waals surface area (Å²) >= 11 is 0. The van der Waals surface area contributed by atoms with Gasteiger partial charge in [0.15, 0.2) is 0 Å². The standard InChI is InChI=1S/C41H46N6O4/c1-40(2,3)51-38(48)46-41(20-5-4-6-21-41)37-43-31-19-17-28(24-33(31)44-37)26-14-12-25(13-15-26)27-16-18-30-29(23-27)9-7-10-32-35(30)45-36(42-32)34-11-8-22-47(34)39(49)50/h12-19,23-24,34H,4-11,20-22H2,1-3H3,(H,42,45)(H,43,44)(H,46,48)(H,49,50). The number of nitrogens with zero attached hydrogens (tertiary/aromatic N) is 3. The van der Waals surface area contributed by atoms with E-state index in [4.69, 9.17) is 14.7 Å². The third-order valence-electron chi connectivity index (χ3n) is 10.8. The van der Waals surface area contributed by atoms with Gasteiger partial charge in [-0.3, -0.25) is 4.90 Å². The lowest BCUT2D eigenvalue weighted by atomic mass is 9.81. The summed E-state index contributed by atoms with van der Waals surface area (Å²) < 4.78 is 5.64. The summed E-state index contributed by atoms with van der Waals surface area (Å²) in [6, 6.07) is 21.4. The molecule has 2 aromatic heterocycles. The van der Waals surface area contributed by atoms with Gasteiger partial charge in [0.1, 0.15) is 22.8 Å². The Morgan fingerprint density at radius 1 is 0.863 bits per heavy atom. The number of likely N-dealkylation sites (tertiary alicyclic amines) is 1. The highest BCUT2D eigenvalue weighted by Crippen LogP contribution is 2.39. The molecule has 3 aliphatic rings. The number of hydrogen-bond donors (Lipinski definition) is 4. The lowest BCUT2D eigenvalue weighted by Crippen LogP contribution is -2.49. The van der Waals surface area contributed by atoms with Crippen molar-refractivity contribution in [1.82, 2.24) is 30.2 Å². The van der Waals surface area contributed by atoms with Gasteiger partial charge in [-0.1, -0.05) is 67.8 Å². The molecule has 0 spiro atoms. The zero-order valence-corrected chi connectivity index (χ0v) is 29.6. The maximum absolute atomic E-state index is 12.9. The third kappa shape index (κ3) is 6.48. The van der Waals surface area contributed by atoms with Crippen LogP contribution in [0.15, 0.2) is 60.7 Å². The number of aryl methyl sites for hydroxylation is 2. The van der Waals surface area contributed by atoms with E-state index in [0.717, 1.165) is 126 Å². The van der Waals surface area contributed by atoms with E-state index in [1.165, 1.54) is 10.5 Å². The smallest absolute Gasteiger partial charge is 0.408 e. The fourth-order valence-corrected chi connectivity index (χ4v) is 8.28. The van der Waals surface area contributed by atoms with E-state index in [1.807, 2.05) is 20.8 Å². The molecule has 1 atom stereocenters. The van der Waals surface area contributed by atoms with Crippen molar-refractivity contribution in [3.05, 3.63) is 83.6 Å². The second-order valence-electron chi connectivity index (χ2n) is 15.5. The van der Waals surface area contributed by atoms with Gasteiger partial charge in [0.2, 0.25) is 0 Å². The fraction of sp³-hybridized carbons (Fsp3) is 0.415. The number of alkyl carbamates (subject to hydrolysis) is 1. The Balaban J connectivity index is 1.03. The number of carbonyl (C=O) groups is 2. The predicted molar refractivity (Wildman–Crippen MR) is 197 cm³/mol. The van der Waals surface area contributed by atoms with Crippen LogP contribution < -0.4 is 5.32 Å². The van der Waals surface area contributed by atoms with E-state index in [9.17, 15) is 14.7 Å². The molecule has 1 aliphatic heterocycles. The van der Waals surface area contributed by atoms with Crippen LogP contribution in [0.1, 0.15) is 101 Å². The lowest BCUT2D eigenvalue weighted by Gasteiger charge is -2.36. The number of carbonyl (C=O) groups excluding carboxylic acids is 1. The number of benzene rings is 3. The molecular formula is C41H46N6O4. The average molecular weight is 687 g/mol. The van der Waals surface area contributed by atoms with Crippen LogP contribution in [0.3, 0.4) is 0 Å². The number of amides is 2. The maximum Gasteiger partial charge on any atom is 0.408 e. The summed E-state index contributed by atoms with van der Waals surface area (Å²) in [4.78, 5) is 43.3. The molecule has 2 amide bonds. The number of ether oxygens (including phenoxy) is 1. The molecule has 3 aromatic carbocycles. The van der Waals surface area contributed by atoms with Crippen molar-refractivity contribution in [2.45, 2.75) is 102 Å². The highest BCUT2D eigenvalue weighted by atomic mass is 16.6. The van der Waals surface area contributed by atoms with E-state index in [-0.39, 0.29) is 6.04 Å². The molecule has 10 heteroatoms. The average Bonchev–Trinajstić information content (AvgIpc) is 3.85. The number of nitrogens with one attached hydrogen (secondary N) is 3. The van der Waals surface area contributed by atoms with Crippen molar-refractivity contribution in [1.29, 1.82) is 0 Å². The quantitative estimate of drug-likeness (QED) is 0.146. The Morgan fingerprint density at radius 3 is 2.29 bits per heavy atom. The van der Waals surface area contributed by atoms with Crippen LogP contribution in [0.4, 0.5) is 9.59 Å². The molecule has 4 N–H and O–H groups in total. The molecule has 2 fully saturated rings. The minimum absolute atomic E-state index is 0.207. The third-order valence-corrected chi connectivity index (χ3v) is 10.8. The van der Waals surface area contributed by atoms with Crippen LogP contribution in [-0.2, 0) is 23.1 Å². The number of fused-ring (bicyclic) bond motifs is 4. The van der Waals surface area contributed by atoms with E-state index in [0.29, 0.717) is 6.54 Å². The van der Waals surface area contributed by atoms with Crippen LogP contribution in [0, 0.1) is 0 Å². The SMILES string of the molecule is CC(C)(C)OC(=O)NC1(c2nc3ccc(-c4ccc(-c5ccc6c(c5)CCCc5[nH]c(C7CCCN7C(=O)O)nc5-6)cc4)cc3[nH]2)CCCCC1. The number of hydrogen-bond acceptors (Lipinski definition) is 5. The number of imidazole rings is 2. The molecule has 3 heterocycles. The van der Waals surface area contributed by atoms with Crippen molar-refractivity contribution in [3.63, 3.8) is 0 Å². The van der Waals surface area contributed by atoms with Crippen molar-refractivity contribution < 1.29 is 19.4 Å². The fourth-order valence-electron chi connectivity index (χ4n) is 8.28. The maximum atomic E-state index is 12.9. The summed E-state index contributed by atoms with van der Waals surface area (Å²) in [6.45, 7) is 6.19. The monoisotopic (exact) mass is 686 g/mol. The summed E-state index contributed by atoms with van der Waals surface area (Å²) in [6.07, 6.45) is 8.05. The first-order chi connectivity index (χ1) is 24.5. The first-order valence-corrected chi connectivity index (χ1v) is 18.4. The second-order valence-corrected chi connectivity index (χ2v) is 15.5. The van der Waals surface area contributed by atoms with Crippen LogP contribution in [-0.4, -0.2) is 54.3 Å². The van der Waals surface area contributed by atoms with Crippen LogP contribution in [0.2, 0.25) is 0 Å². The Kier molecular flexibility index (Phi) is 8.35. The molecule has 51 heavy (non-hydrogen) atoms. The topological polar surface area (TPSA) is 136 Å². The minimum Gasteiger partial charge on any atom is -0.465 e. The second kappa shape index (κ2) is 12.9. The van der Waals surface area contributed by atoms with Crippen LogP contribution in [0.5, 0.6) is 0 Å². The molecular weight excluding hydrogens is 640 g/mol. The molecule has 8 rings (SSSR count). The van der Waals surface area contributed by atoms with E-state index >= 15 is 0 Å². The van der Waals surface area contributed by atoms with Gasteiger partial charge in [-0.2, -0.15) is 0 Å². The van der Waals surface area contributed by atoms with Gasteiger partial charge >= 0.3 is 12.2 Å². The first-order valence-electron chi connectivity index (χ1n) is 18.4. The van der Waals surface area contributed by atoms with E-state index < -0.39 is 23.3 Å². The van der Waals surface area contributed by atoms with Crippen molar-refractivity contribution >= 4 is 23.2 Å². The summed E-state index contributed by atoms with van der Waals surface area (Å²) in [5, 5.41) is 12.9. The number of aromatic nitrogens is 4. The number of H-pyrrole nitrogens is 2. The number of rotatable bonds is 5. The molecule has 264 valence electrons. The highest BCUT2D eigenvalue weighted by Gasteiger charge is 2.39. The van der Waals surface area contributed by atoms with Gasteiger partial charge in [0, 0.05) is 17.8 Å². The van der Waals surface area contributed by atoms with Gasteiger partial charge in [0.05, 0.1) is 22.8 Å². The zero-order chi connectivity index (χ0) is 35.3. The van der Waals surface area contributed by atoms with Gasteiger partial charge in [-0.25, -0.2) is 19.6 Å². The molecule has 10 nitrogen and oxygen atoms in total. The Morgan fingerprint density at radius 2 is 1.57 bits per heavy atom. The zero-order valence-electron chi connectivity index (χ0n) is 29.6. The van der Waals surface area contributed by atoms with Crippen LogP contribution in [0.25, 0.3) is 44.5 Å². The van der Waals surface area contributed by atoms with Crippen molar-refractivity contribution in [2.75, 3.05) is 6.54 Å². The molecule has 0 radical (unpaired) electrons. The summed E-state index contributed by atoms with van der Waals surface area (Å²) in [5.41, 5.74) is 9.65. The van der Waals surface area contributed by atoms with Gasteiger partial charge in [-0.05, 0) is 106 Å². The van der Waals surface area contributed by atoms with Gasteiger partial charge < -0.3 is 25.1 Å². The van der Waals surface area contributed by atoms with Crippen molar-refractivity contribution in [3.8, 4) is 33.5 Å². The normalized spacial score (nSPS) is 18.6. The largest absolute Gasteiger partial charge is 0.465 e. The number of aromatic amines is 2. The van der Waals surface area contributed by atoms with Crippen molar-refractivity contribution in [2.24, 2.45) is 0 Å².